The van der Waals surface area contributed by atoms with Crippen molar-refractivity contribution in [2.24, 2.45) is 0 Å². The number of Topliss-reactive ketones (excluding diaryl/α,β-unsaturated/α-hetero) is 1. The van der Waals surface area contributed by atoms with E-state index >= 15 is 0 Å². The highest BCUT2D eigenvalue weighted by Crippen LogP contribution is 1.99. The number of hydrogen-bond donors (Lipinski definition) is 0. The van der Waals surface area contributed by atoms with Crippen LogP contribution >= 0.6 is 0 Å². The van der Waals surface area contributed by atoms with Crippen LogP contribution in [0.1, 0.15) is 12.8 Å². The molecule has 0 N–H and O–H groups in total. The lowest BCUT2D eigenvalue weighted by Gasteiger charge is -1.98. The Morgan fingerprint density at radius 2 is 1.25 bits per heavy atom. The summed E-state index contributed by atoms with van der Waals surface area (Å²) < 4.78 is 9.01. The maximum atomic E-state index is 10.7. The van der Waals surface area contributed by atoms with Crippen LogP contribution in [0.25, 0.3) is 0 Å². The van der Waals surface area contributed by atoms with Gasteiger partial charge in [-0.05, 0) is 0 Å². The maximum absolute atomic E-state index is 10.7. The van der Waals surface area contributed by atoms with E-state index in [0.29, 0.717) is 0 Å². The van der Waals surface area contributed by atoms with Gasteiger partial charge in [0.2, 0.25) is 5.78 Å². The minimum Gasteiger partial charge on any atom is -0.458 e. The van der Waals surface area contributed by atoms with Crippen molar-refractivity contribution in [3.05, 3.63) is 0 Å². The minimum atomic E-state index is -0.540. The largest absolute Gasteiger partial charge is 0.458 e. The van der Waals surface area contributed by atoms with Crippen LogP contribution in [-0.4, -0.2) is 30.9 Å². The van der Waals surface area contributed by atoms with Crippen molar-refractivity contribution in [2.75, 3.05) is 13.2 Å². The lowest BCUT2D eigenvalue weighted by atomic mass is 10.3. The molecule has 0 radical (unpaired) electrons. The molecule has 1 heterocycles. The lowest BCUT2D eigenvalue weighted by molar-refractivity contribution is -0.148. The number of esters is 2. The molecule has 0 spiro atoms. The van der Waals surface area contributed by atoms with Crippen molar-refractivity contribution in [3.8, 4) is 0 Å². The Morgan fingerprint density at radius 3 is 1.67 bits per heavy atom. The van der Waals surface area contributed by atoms with E-state index in [2.05, 4.69) is 9.47 Å². The summed E-state index contributed by atoms with van der Waals surface area (Å²) >= 11 is 0. The minimum absolute atomic E-state index is 0.0217. The molecule has 0 aromatic rings. The molecule has 0 aromatic carbocycles. The summed E-state index contributed by atoms with van der Waals surface area (Å²) in [6, 6.07) is 0. The van der Waals surface area contributed by atoms with Crippen LogP contribution in [-0.2, 0) is 23.9 Å². The van der Waals surface area contributed by atoms with E-state index in [4.69, 9.17) is 0 Å². The van der Waals surface area contributed by atoms with Gasteiger partial charge < -0.3 is 9.47 Å². The number of carbonyl (C=O) groups excluding carboxylic acids is 3. The molecular formula is C7H8O5. The third-order valence-corrected chi connectivity index (χ3v) is 1.32. The Balaban J connectivity index is 2.52. The molecule has 0 unspecified atom stereocenters. The van der Waals surface area contributed by atoms with Gasteiger partial charge >= 0.3 is 11.9 Å². The monoisotopic (exact) mass is 172 g/mol. The molecule has 0 saturated carbocycles. The van der Waals surface area contributed by atoms with Gasteiger partial charge in [0.25, 0.3) is 0 Å². The molecule has 0 aliphatic carbocycles. The van der Waals surface area contributed by atoms with Crippen LogP contribution < -0.4 is 0 Å². The molecule has 5 heteroatoms. The van der Waals surface area contributed by atoms with Crippen molar-refractivity contribution < 1.29 is 23.9 Å². The SMILES string of the molecule is O=C1COC(=O)CCC(=O)OC1. The van der Waals surface area contributed by atoms with E-state index in [9.17, 15) is 14.4 Å². The van der Waals surface area contributed by atoms with Gasteiger partial charge in [0.15, 0.2) is 13.2 Å². The Morgan fingerprint density at radius 1 is 0.833 bits per heavy atom. The quantitative estimate of drug-likeness (QED) is 0.458. The first-order chi connectivity index (χ1) is 5.68. The Hall–Kier alpha value is -1.39. The number of rotatable bonds is 0. The van der Waals surface area contributed by atoms with E-state index in [1.807, 2.05) is 0 Å². The van der Waals surface area contributed by atoms with Crippen LogP contribution in [0.5, 0.6) is 0 Å². The standard InChI is InChI=1S/C7H8O5/c8-5-3-11-6(9)1-2-7(10)12-4-5/h1-4H2. The molecule has 1 aliphatic rings. The fourth-order valence-electron chi connectivity index (χ4n) is 0.712. The molecule has 1 rings (SSSR count). The van der Waals surface area contributed by atoms with E-state index in [1.165, 1.54) is 0 Å². The van der Waals surface area contributed by atoms with Crippen LogP contribution in [0.2, 0.25) is 0 Å². The molecule has 66 valence electrons. The van der Waals surface area contributed by atoms with Gasteiger partial charge in [-0.15, -0.1) is 0 Å². The third-order valence-electron chi connectivity index (χ3n) is 1.32. The molecule has 0 aromatic heterocycles. The zero-order chi connectivity index (χ0) is 8.97. The number of hydrogen-bond acceptors (Lipinski definition) is 5. The summed E-state index contributed by atoms with van der Waals surface area (Å²) in [5.74, 6) is -1.48. The van der Waals surface area contributed by atoms with Crippen LogP contribution in [0, 0.1) is 0 Å². The fraction of sp³-hybridized carbons (Fsp3) is 0.571. The van der Waals surface area contributed by atoms with Crippen molar-refractivity contribution in [3.63, 3.8) is 0 Å². The first-order valence-corrected chi connectivity index (χ1v) is 3.51. The number of ether oxygens (including phenoxy) is 2. The maximum Gasteiger partial charge on any atom is 0.306 e. The van der Waals surface area contributed by atoms with Crippen molar-refractivity contribution in [2.45, 2.75) is 12.8 Å². The highest BCUT2D eigenvalue weighted by atomic mass is 16.6. The lowest BCUT2D eigenvalue weighted by Crippen LogP contribution is -2.16. The van der Waals surface area contributed by atoms with Crippen LogP contribution in [0.3, 0.4) is 0 Å². The molecule has 1 saturated heterocycles. The summed E-state index contributed by atoms with van der Waals surface area (Å²) in [5, 5.41) is 0. The molecule has 5 nitrogen and oxygen atoms in total. The number of ketones is 1. The van der Waals surface area contributed by atoms with E-state index in [0.717, 1.165) is 0 Å². The molecule has 0 bridgehead atoms. The average Bonchev–Trinajstić information content (AvgIpc) is 2.11. The van der Waals surface area contributed by atoms with Gasteiger partial charge in [-0.25, -0.2) is 0 Å². The second-order valence-corrected chi connectivity index (χ2v) is 2.36. The van der Waals surface area contributed by atoms with Crippen molar-refractivity contribution >= 4 is 17.7 Å². The smallest absolute Gasteiger partial charge is 0.306 e. The van der Waals surface area contributed by atoms with Crippen LogP contribution in [0.15, 0.2) is 0 Å². The molecular weight excluding hydrogens is 164 g/mol. The summed E-state index contributed by atoms with van der Waals surface area (Å²) in [7, 11) is 0. The van der Waals surface area contributed by atoms with E-state index in [1.54, 1.807) is 0 Å². The molecule has 12 heavy (non-hydrogen) atoms. The first-order valence-electron chi connectivity index (χ1n) is 3.51. The summed E-state index contributed by atoms with van der Waals surface area (Å²) in [4.78, 5) is 32.1. The highest BCUT2D eigenvalue weighted by Gasteiger charge is 2.15. The molecule has 1 fully saturated rings. The summed E-state index contributed by atoms with van der Waals surface area (Å²) in [5.41, 5.74) is 0. The van der Waals surface area contributed by atoms with Gasteiger partial charge in [0, 0.05) is 0 Å². The average molecular weight is 172 g/mol. The fourth-order valence-corrected chi connectivity index (χ4v) is 0.712. The second-order valence-electron chi connectivity index (χ2n) is 2.36. The van der Waals surface area contributed by atoms with Crippen LogP contribution in [0.4, 0.5) is 0 Å². The molecule has 1 aliphatic heterocycles. The Labute approximate surface area is 68.6 Å². The van der Waals surface area contributed by atoms with Gasteiger partial charge in [-0.3, -0.25) is 14.4 Å². The normalized spacial score (nSPS) is 20.2. The van der Waals surface area contributed by atoms with Gasteiger partial charge in [-0.2, -0.15) is 0 Å². The summed E-state index contributed by atoms with van der Waals surface area (Å²) in [6.07, 6.45) is -0.0434. The second kappa shape index (κ2) is 3.85. The Bertz CT molecular complexity index is 164. The molecule has 0 atom stereocenters. The number of carbonyl (C=O) groups is 3. The highest BCUT2D eigenvalue weighted by molar-refractivity contribution is 5.87. The van der Waals surface area contributed by atoms with Crippen molar-refractivity contribution in [1.29, 1.82) is 0 Å². The van der Waals surface area contributed by atoms with E-state index < -0.39 is 17.7 Å². The number of cyclic esters (lactones) is 2. The summed E-state index contributed by atoms with van der Waals surface area (Å²) in [6.45, 7) is -0.599. The zero-order valence-electron chi connectivity index (χ0n) is 6.37. The Kier molecular flexibility index (Phi) is 2.79. The van der Waals surface area contributed by atoms with Gasteiger partial charge in [0.1, 0.15) is 0 Å². The predicted octanol–water partition coefficient (Wildman–Crippen LogP) is -0.564. The topological polar surface area (TPSA) is 69.7 Å². The van der Waals surface area contributed by atoms with E-state index in [-0.39, 0.29) is 26.1 Å². The first kappa shape index (κ1) is 8.70. The van der Waals surface area contributed by atoms with Gasteiger partial charge in [0.05, 0.1) is 12.8 Å². The van der Waals surface area contributed by atoms with Crippen molar-refractivity contribution in [1.82, 2.24) is 0 Å². The third kappa shape index (κ3) is 2.69. The van der Waals surface area contributed by atoms with Gasteiger partial charge in [-0.1, -0.05) is 0 Å². The predicted molar refractivity (Wildman–Crippen MR) is 36.2 cm³/mol. The molecule has 0 amide bonds. The zero-order valence-corrected chi connectivity index (χ0v) is 6.37.